The van der Waals surface area contributed by atoms with Crippen molar-refractivity contribution in [1.82, 2.24) is 10.2 Å². The molecule has 4 rings (SSSR count). The molecule has 2 N–H and O–H groups in total. The molecule has 9 heteroatoms. The van der Waals surface area contributed by atoms with Crippen molar-refractivity contribution in [2.75, 3.05) is 25.6 Å². The summed E-state index contributed by atoms with van der Waals surface area (Å²) >= 11 is 0. The predicted octanol–water partition coefficient (Wildman–Crippen LogP) is 3.90. The third kappa shape index (κ3) is 5.69. The lowest BCUT2D eigenvalue weighted by atomic mass is 10.00. The van der Waals surface area contributed by atoms with Crippen LogP contribution in [0.15, 0.2) is 78.9 Å². The summed E-state index contributed by atoms with van der Waals surface area (Å²) < 4.78 is 24.7. The molecule has 1 aliphatic heterocycles. The van der Waals surface area contributed by atoms with Crippen LogP contribution < -0.4 is 10.6 Å². The average molecular weight is 492 g/mol. The molecule has 1 saturated heterocycles. The number of amides is 3. The zero-order chi connectivity index (χ0) is 25.5. The Hall–Kier alpha value is -4.24. The lowest BCUT2D eigenvalue weighted by molar-refractivity contribution is -0.126. The first-order chi connectivity index (χ1) is 17.5. The van der Waals surface area contributed by atoms with Crippen molar-refractivity contribution < 1.29 is 28.2 Å². The highest BCUT2D eigenvalue weighted by molar-refractivity contribution is 6.04. The number of benzene rings is 3. The van der Waals surface area contributed by atoms with Crippen LogP contribution in [0, 0.1) is 5.82 Å². The van der Waals surface area contributed by atoms with Crippen LogP contribution in [0.4, 0.5) is 14.9 Å². The van der Waals surface area contributed by atoms with Gasteiger partial charge >= 0.3 is 6.09 Å². The normalized spacial score (nSPS) is 16.9. The first-order valence-electron chi connectivity index (χ1n) is 11.4. The van der Waals surface area contributed by atoms with Gasteiger partial charge in [-0.1, -0.05) is 54.6 Å². The number of nitrogens with zero attached hydrogens (tertiary/aromatic N) is 1. The summed E-state index contributed by atoms with van der Waals surface area (Å²) in [6.45, 7) is 0.765. The number of carbonyl (C=O) groups is 3. The minimum atomic E-state index is -0.952. The van der Waals surface area contributed by atoms with Gasteiger partial charge in [0.05, 0.1) is 18.7 Å². The molecule has 186 valence electrons. The Bertz CT molecular complexity index is 1240. The Morgan fingerprint density at radius 2 is 1.78 bits per heavy atom. The number of ether oxygens (including phenoxy) is 2. The molecule has 1 aliphatic rings. The third-order valence-corrected chi connectivity index (χ3v) is 5.75. The summed E-state index contributed by atoms with van der Waals surface area (Å²) in [5.74, 6) is -1.65. The zero-order valence-electron chi connectivity index (χ0n) is 19.6. The van der Waals surface area contributed by atoms with Gasteiger partial charge in [-0.05, 0) is 35.4 Å². The summed E-state index contributed by atoms with van der Waals surface area (Å²) in [6.07, 6.45) is -1.55. The Morgan fingerprint density at radius 1 is 1.03 bits per heavy atom. The molecular weight excluding hydrogens is 465 g/mol. The molecule has 3 aromatic rings. The van der Waals surface area contributed by atoms with Crippen LogP contribution in [-0.2, 0) is 20.8 Å². The first kappa shape index (κ1) is 24.9. The minimum Gasteiger partial charge on any atom is -0.438 e. The largest absolute Gasteiger partial charge is 0.438 e. The first-order valence-corrected chi connectivity index (χ1v) is 11.4. The van der Waals surface area contributed by atoms with Gasteiger partial charge in [0.1, 0.15) is 5.82 Å². The van der Waals surface area contributed by atoms with E-state index < -0.39 is 30.0 Å². The van der Waals surface area contributed by atoms with E-state index in [2.05, 4.69) is 10.6 Å². The van der Waals surface area contributed by atoms with E-state index in [4.69, 9.17) is 9.47 Å². The van der Waals surface area contributed by atoms with Crippen LogP contribution in [0.1, 0.15) is 27.6 Å². The summed E-state index contributed by atoms with van der Waals surface area (Å²) in [7, 11) is 1.53. The van der Waals surface area contributed by atoms with E-state index in [0.717, 1.165) is 5.56 Å². The van der Waals surface area contributed by atoms with Crippen molar-refractivity contribution in [3.05, 3.63) is 101 Å². The molecule has 0 radical (unpaired) electrons. The number of hydrogen-bond donors (Lipinski definition) is 2. The van der Waals surface area contributed by atoms with Crippen LogP contribution in [0.5, 0.6) is 0 Å². The predicted molar refractivity (Wildman–Crippen MR) is 131 cm³/mol. The summed E-state index contributed by atoms with van der Waals surface area (Å²) in [4.78, 5) is 40.0. The van der Waals surface area contributed by atoms with Gasteiger partial charge in [-0.15, -0.1) is 0 Å². The lowest BCUT2D eigenvalue weighted by Gasteiger charge is -2.24. The molecule has 0 saturated carbocycles. The number of rotatable bonds is 9. The van der Waals surface area contributed by atoms with Crippen molar-refractivity contribution in [3.63, 3.8) is 0 Å². The topological polar surface area (TPSA) is 97.0 Å². The van der Waals surface area contributed by atoms with E-state index in [9.17, 15) is 18.8 Å². The second-order valence-corrected chi connectivity index (χ2v) is 8.21. The van der Waals surface area contributed by atoms with Gasteiger partial charge in [0.25, 0.3) is 5.91 Å². The Morgan fingerprint density at radius 3 is 2.53 bits per heavy atom. The van der Waals surface area contributed by atoms with Gasteiger partial charge in [-0.25, -0.2) is 9.18 Å². The summed E-state index contributed by atoms with van der Waals surface area (Å²) in [5, 5.41) is 5.45. The van der Waals surface area contributed by atoms with E-state index >= 15 is 0 Å². The summed E-state index contributed by atoms with van der Waals surface area (Å²) in [5.41, 5.74) is 1.63. The monoisotopic (exact) mass is 491 g/mol. The average Bonchev–Trinajstić information content (AvgIpc) is 3.21. The van der Waals surface area contributed by atoms with Crippen molar-refractivity contribution >= 4 is 23.6 Å². The summed E-state index contributed by atoms with van der Waals surface area (Å²) in [6, 6.07) is 20.6. The molecule has 36 heavy (non-hydrogen) atoms. The fourth-order valence-electron chi connectivity index (χ4n) is 4.01. The number of anilines is 1. The van der Waals surface area contributed by atoms with Gasteiger partial charge < -0.3 is 20.1 Å². The quantitative estimate of drug-likeness (QED) is 0.443. The maximum atomic E-state index is 14.0. The molecular formula is C27H26FN3O5. The molecule has 0 aromatic heterocycles. The van der Waals surface area contributed by atoms with E-state index in [-0.39, 0.29) is 24.6 Å². The van der Waals surface area contributed by atoms with Crippen molar-refractivity contribution in [3.8, 4) is 0 Å². The second-order valence-electron chi connectivity index (χ2n) is 8.21. The van der Waals surface area contributed by atoms with Gasteiger partial charge in [0, 0.05) is 19.3 Å². The van der Waals surface area contributed by atoms with Crippen molar-refractivity contribution in [2.24, 2.45) is 0 Å². The highest BCUT2D eigenvalue weighted by atomic mass is 19.1. The van der Waals surface area contributed by atoms with Crippen LogP contribution in [0.25, 0.3) is 0 Å². The van der Waals surface area contributed by atoms with E-state index in [1.165, 1.54) is 30.2 Å². The van der Waals surface area contributed by atoms with Crippen LogP contribution in [0.2, 0.25) is 0 Å². The van der Waals surface area contributed by atoms with Crippen LogP contribution >= 0.6 is 0 Å². The number of carbonyl (C=O) groups excluding carboxylic acids is 3. The third-order valence-electron chi connectivity index (χ3n) is 5.75. The van der Waals surface area contributed by atoms with Gasteiger partial charge in [-0.2, -0.15) is 0 Å². The highest BCUT2D eigenvalue weighted by Crippen LogP contribution is 2.35. The maximum absolute atomic E-state index is 14.0. The number of halogens is 1. The molecule has 0 bridgehead atoms. The maximum Gasteiger partial charge on any atom is 0.411 e. The molecule has 8 nitrogen and oxygen atoms in total. The zero-order valence-corrected chi connectivity index (χ0v) is 19.6. The number of hydrogen-bond acceptors (Lipinski definition) is 5. The number of cyclic esters (lactones) is 1. The van der Waals surface area contributed by atoms with Gasteiger partial charge in [-0.3, -0.25) is 14.5 Å². The molecule has 2 unspecified atom stereocenters. The molecule has 3 amide bonds. The Labute approximate surface area is 208 Å². The molecule has 0 spiro atoms. The molecule has 1 heterocycles. The molecule has 3 aromatic carbocycles. The lowest BCUT2D eigenvalue weighted by Crippen LogP contribution is -2.47. The SMILES string of the molecule is COCCNC(=O)C1C(c2cccc(NC(=O)c3ccccc3F)c2)OC(=O)N1Cc1ccccc1. The Kier molecular flexibility index (Phi) is 7.92. The van der Waals surface area contributed by atoms with Gasteiger partial charge in [0.2, 0.25) is 5.91 Å². The molecule has 2 atom stereocenters. The highest BCUT2D eigenvalue weighted by Gasteiger charge is 2.47. The second kappa shape index (κ2) is 11.5. The smallest absolute Gasteiger partial charge is 0.411 e. The fraction of sp³-hybridized carbons (Fsp3) is 0.222. The van der Waals surface area contributed by atoms with Crippen molar-refractivity contribution in [1.29, 1.82) is 0 Å². The van der Waals surface area contributed by atoms with Crippen LogP contribution in [-0.4, -0.2) is 49.1 Å². The fourth-order valence-corrected chi connectivity index (χ4v) is 4.01. The van der Waals surface area contributed by atoms with Crippen molar-refractivity contribution in [2.45, 2.75) is 18.7 Å². The number of methoxy groups -OCH3 is 1. The van der Waals surface area contributed by atoms with E-state index in [0.29, 0.717) is 17.9 Å². The van der Waals surface area contributed by atoms with E-state index in [1.807, 2.05) is 30.3 Å². The van der Waals surface area contributed by atoms with Crippen LogP contribution in [0.3, 0.4) is 0 Å². The minimum absolute atomic E-state index is 0.0976. The van der Waals surface area contributed by atoms with E-state index in [1.54, 1.807) is 30.3 Å². The standard InChI is InChI=1S/C27H26FN3O5/c1-35-15-14-29-26(33)23-24(36-27(34)31(23)17-18-8-3-2-4-9-18)19-10-7-11-20(16-19)30-25(32)21-12-5-6-13-22(21)28/h2-13,16,23-24H,14-15,17H2,1H3,(H,29,33)(H,30,32). The Balaban J connectivity index is 1.59. The molecule has 0 aliphatic carbocycles. The molecule has 1 fully saturated rings. The van der Waals surface area contributed by atoms with Gasteiger partial charge in [0.15, 0.2) is 12.1 Å². The number of nitrogens with one attached hydrogen (secondary N) is 2.